The second-order valence-electron chi connectivity index (χ2n) is 5.41. The number of carbonyl (C=O) groups is 1. The minimum Gasteiger partial charge on any atom is -0.444 e. The van der Waals surface area contributed by atoms with Gasteiger partial charge < -0.3 is 9.32 Å². The minimum atomic E-state index is -0.0597. The van der Waals surface area contributed by atoms with Crippen molar-refractivity contribution in [1.82, 2.24) is 24.8 Å². The Hall–Kier alpha value is -2.28. The Balaban J connectivity index is 1.55. The van der Waals surface area contributed by atoms with Gasteiger partial charge in [0.25, 0.3) is 5.91 Å². The van der Waals surface area contributed by atoms with E-state index in [1.807, 2.05) is 18.7 Å². The zero-order valence-corrected chi connectivity index (χ0v) is 12.8. The number of aromatic nitrogens is 3. The molecule has 116 valence electrons. The molecule has 0 N–H and O–H groups in total. The van der Waals surface area contributed by atoms with Crippen molar-refractivity contribution >= 4 is 5.91 Å². The average Bonchev–Trinajstić information content (AvgIpc) is 2.86. The molecule has 0 spiro atoms. The van der Waals surface area contributed by atoms with Gasteiger partial charge in [0.1, 0.15) is 11.5 Å². The second-order valence-corrected chi connectivity index (χ2v) is 5.41. The van der Waals surface area contributed by atoms with Gasteiger partial charge >= 0.3 is 0 Å². The minimum absolute atomic E-state index is 0.0597. The molecule has 0 aromatic carbocycles. The number of amides is 1. The number of nitrogens with zero attached hydrogens (tertiary/aromatic N) is 5. The molecule has 1 aliphatic rings. The van der Waals surface area contributed by atoms with Gasteiger partial charge in [-0.3, -0.25) is 14.7 Å². The highest BCUT2D eigenvalue weighted by Crippen LogP contribution is 2.13. The Morgan fingerprint density at radius 1 is 1.23 bits per heavy atom. The van der Waals surface area contributed by atoms with E-state index in [1.54, 1.807) is 6.20 Å². The topological polar surface area (TPSA) is 75.4 Å². The van der Waals surface area contributed by atoms with E-state index in [9.17, 15) is 4.79 Å². The molecular weight excluding hydrogens is 282 g/mol. The number of oxazole rings is 1. The highest BCUT2D eigenvalue weighted by molar-refractivity contribution is 5.92. The third-order valence-corrected chi connectivity index (χ3v) is 3.87. The number of rotatable bonds is 3. The van der Waals surface area contributed by atoms with Crippen molar-refractivity contribution in [2.75, 3.05) is 26.2 Å². The van der Waals surface area contributed by atoms with E-state index in [2.05, 4.69) is 19.9 Å². The molecule has 0 atom stereocenters. The van der Waals surface area contributed by atoms with E-state index in [0.717, 1.165) is 30.4 Å². The van der Waals surface area contributed by atoms with Gasteiger partial charge in [-0.05, 0) is 13.8 Å². The van der Waals surface area contributed by atoms with Gasteiger partial charge in [-0.15, -0.1) is 0 Å². The molecule has 1 aliphatic heterocycles. The summed E-state index contributed by atoms with van der Waals surface area (Å²) in [5, 5.41) is 0. The van der Waals surface area contributed by atoms with Crippen molar-refractivity contribution in [3.05, 3.63) is 41.6 Å². The predicted molar refractivity (Wildman–Crippen MR) is 79.2 cm³/mol. The first-order chi connectivity index (χ1) is 10.6. The zero-order chi connectivity index (χ0) is 15.5. The second kappa shape index (κ2) is 6.23. The van der Waals surface area contributed by atoms with Gasteiger partial charge in [0.2, 0.25) is 5.89 Å². The summed E-state index contributed by atoms with van der Waals surface area (Å²) in [4.78, 5) is 28.7. The highest BCUT2D eigenvalue weighted by Gasteiger charge is 2.24. The predicted octanol–water partition coefficient (Wildman–Crippen LogP) is 1.04. The monoisotopic (exact) mass is 301 g/mol. The van der Waals surface area contributed by atoms with Gasteiger partial charge in [0, 0.05) is 38.6 Å². The van der Waals surface area contributed by atoms with Crippen LogP contribution in [0.3, 0.4) is 0 Å². The first-order valence-electron chi connectivity index (χ1n) is 7.34. The molecule has 1 amide bonds. The van der Waals surface area contributed by atoms with Crippen LogP contribution in [-0.2, 0) is 6.54 Å². The van der Waals surface area contributed by atoms with Crippen LogP contribution in [0.15, 0.2) is 23.0 Å². The lowest BCUT2D eigenvalue weighted by molar-refractivity contribution is 0.0611. The fourth-order valence-corrected chi connectivity index (χ4v) is 2.48. The lowest BCUT2D eigenvalue weighted by atomic mass is 10.3. The molecule has 7 heteroatoms. The van der Waals surface area contributed by atoms with Crippen LogP contribution in [0.2, 0.25) is 0 Å². The molecule has 22 heavy (non-hydrogen) atoms. The summed E-state index contributed by atoms with van der Waals surface area (Å²) in [6, 6.07) is 0. The van der Waals surface area contributed by atoms with Gasteiger partial charge in [-0.2, -0.15) is 0 Å². The maximum atomic E-state index is 12.3. The molecule has 3 rings (SSSR count). The van der Waals surface area contributed by atoms with E-state index in [-0.39, 0.29) is 5.91 Å². The van der Waals surface area contributed by atoms with Gasteiger partial charge in [-0.1, -0.05) is 0 Å². The molecule has 2 aromatic heterocycles. The first-order valence-corrected chi connectivity index (χ1v) is 7.34. The normalized spacial score (nSPS) is 16.0. The van der Waals surface area contributed by atoms with Crippen LogP contribution in [0.5, 0.6) is 0 Å². The Bertz CT molecular complexity index is 628. The number of piperazine rings is 1. The molecule has 0 bridgehead atoms. The van der Waals surface area contributed by atoms with Crippen LogP contribution in [-0.4, -0.2) is 56.8 Å². The van der Waals surface area contributed by atoms with Crippen molar-refractivity contribution in [3.8, 4) is 0 Å². The van der Waals surface area contributed by atoms with Gasteiger partial charge in [-0.25, -0.2) is 9.97 Å². The van der Waals surface area contributed by atoms with Crippen molar-refractivity contribution in [2.45, 2.75) is 20.4 Å². The fraction of sp³-hybridized carbons (Fsp3) is 0.467. The summed E-state index contributed by atoms with van der Waals surface area (Å²) in [7, 11) is 0. The van der Waals surface area contributed by atoms with Crippen LogP contribution in [0, 0.1) is 13.8 Å². The SMILES string of the molecule is Cc1nc(CN2CCN(C(=O)c3cnccn3)CC2)oc1C. The lowest BCUT2D eigenvalue weighted by Crippen LogP contribution is -2.48. The summed E-state index contributed by atoms with van der Waals surface area (Å²) in [5.74, 6) is 1.55. The molecular formula is C15H19N5O2. The summed E-state index contributed by atoms with van der Waals surface area (Å²) in [6.45, 7) is 7.49. The molecule has 0 radical (unpaired) electrons. The van der Waals surface area contributed by atoms with E-state index >= 15 is 0 Å². The molecule has 1 fully saturated rings. The molecule has 2 aromatic rings. The number of hydrogen-bond donors (Lipinski definition) is 0. The molecule has 0 unspecified atom stereocenters. The van der Waals surface area contributed by atoms with E-state index < -0.39 is 0 Å². The molecule has 0 saturated carbocycles. The summed E-state index contributed by atoms with van der Waals surface area (Å²) < 4.78 is 5.61. The number of carbonyl (C=O) groups excluding carboxylic acids is 1. The average molecular weight is 301 g/mol. The number of aryl methyl sites for hydroxylation is 2. The summed E-state index contributed by atoms with van der Waals surface area (Å²) >= 11 is 0. The van der Waals surface area contributed by atoms with E-state index in [4.69, 9.17) is 4.42 Å². The Labute approximate surface area is 129 Å². The molecule has 0 aliphatic carbocycles. The maximum absolute atomic E-state index is 12.3. The van der Waals surface area contributed by atoms with Crippen LogP contribution < -0.4 is 0 Å². The zero-order valence-electron chi connectivity index (χ0n) is 12.8. The standard InChI is InChI=1S/C15H19N5O2/c1-11-12(2)22-14(18-11)10-19-5-7-20(8-6-19)15(21)13-9-16-3-4-17-13/h3-4,9H,5-8,10H2,1-2H3. The van der Waals surface area contributed by atoms with E-state index in [1.165, 1.54) is 12.4 Å². The van der Waals surface area contributed by atoms with Gasteiger partial charge in [0.05, 0.1) is 18.4 Å². The Morgan fingerprint density at radius 3 is 2.59 bits per heavy atom. The first kappa shape index (κ1) is 14.6. The molecule has 3 heterocycles. The third-order valence-electron chi connectivity index (χ3n) is 3.87. The van der Waals surface area contributed by atoms with Crippen LogP contribution in [0.25, 0.3) is 0 Å². The fourth-order valence-electron chi connectivity index (χ4n) is 2.48. The lowest BCUT2D eigenvalue weighted by Gasteiger charge is -2.33. The Kier molecular flexibility index (Phi) is 4.15. The van der Waals surface area contributed by atoms with Crippen LogP contribution >= 0.6 is 0 Å². The van der Waals surface area contributed by atoms with Crippen molar-refractivity contribution in [3.63, 3.8) is 0 Å². The smallest absolute Gasteiger partial charge is 0.274 e. The maximum Gasteiger partial charge on any atom is 0.274 e. The third kappa shape index (κ3) is 3.14. The van der Waals surface area contributed by atoms with Crippen LogP contribution in [0.1, 0.15) is 27.8 Å². The molecule has 1 saturated heterocycles. The Morgan fingerprint density at radius 2 is 2.00 bits per heavy atom. The number of hydrogen-bond acceptors (Lipinski definition) is 6. The van der Waals surface area contributed by atoms with E-state index in [0.29, 0.717) is 25.3 Å². The van der Waals surface area contributed by atoms with Crippen molar-refractivity contribution < 1.29 is 9.21 Å². The highest BCUT2D eigenvalue weighted by atomic mass is 16.4. The van der Waals surface area contributed by atoms with Crippen molar-refractivity contribution in [1.29, 1.82) is 0 Å². The largest absolute Gasteiger partial charge is 0.444 e. The quantitative estimate of drug-likeness (QED) is 0.843. The summed E-state index contributed by atoms with van der Waals surface area (Å²) in [5.41, 5.74) is 1.33. The van der Waals surface area contributed by atoms with Gasteiger partial charge in [0.15, 0.2) is 0 Å². The summed E-state index contributed by atoms with van der Waals surface area (Å²) in [6.07, 6.45) is 4.61. The molecule has 7 nitrogen and oxygen atoms in total. The van der Waals surface area contributed by atoms with Crippen LogP contribution in [0.4, 0.5) is 0 Å². The van der Waals surface area contributed by atoms with Crippen molar-refractivity contribution in [2.24, 2.45) is 0 Å².